The first-order valence-electron chi connectivity index (χ1n) is 10.9. The van der Waals surface area contributed by atoms with Crippen molar-refractivity contribution in [2.24, 2.45) is 0 Å². The minimum absolute atomic E-state index is 0.0874. The molecule has 0 radical (unpaired) electrons. The van der Waals surface area contributed by atoms with E-state index in [2.05, 4.69) is 21.4 Å². The highest BCUT2D eigenvalue weighted by molar-refractivity contribution is 5.93. The van der Waals surface area contributed by atoms with Crippen LogP contribution in [0.25, 0.3) is 5.78 Å². The summed E-state index contributed by atoms with van der Waals surface area (Å²) in [6.07, 6.45) is 7.14. The minimum atomic E-state index is -0.413. The molecule has 0 aliphatic carbocycles. The highest BCUT2D eigenvalue weighted by Gasteiger charge is 2.33. The van der Waals surface area contributed by atoms with Crippen molar-refractivity contribution >= 4 is 17.6 Å². The first-order valence-corrected chi connectivity index (χ1v) is 10.9. The molecule has 1 aromatic carbocycles. The smallest absolute Gasteiger partial charge is 0.274 e. The Hall–Kier alpha value is -3.46. The fourth-order valence-electron chi connectivity index (χ4n) is 4.27. The predicted octanol–water partition coefficient (Wildman–Crippen LogP) is 1.13. The summed E-state index contributed by atoms with van der Waals surface area (Å²) in [5.41, 5.74) is 2.58. The second-order valence-corrected chi connectivity index (χ2v) is 8.31. The van der Waals surface area contributed by atoms with Crippen LogP contribution in [0.1, 0.15) is 28.0 Å². The summed E-state index contributed by atoms with van der Waals surface area (Å²) < 4.78 is 7.38. The Morgan fingerprint density at radius 1 is 1.28 bits per heavy atom. The highest BCUT2D eigenvalue weighted by Crippen LogP contribution is 2.25. The van der Waals surface area contributed by atoms with Crippen LogP contribution in [-0.4, -0.2) is 75.3 Å². The third-order valence-electron chi connectivity index (χ3n) is 6.13. The zero-order valence-corrected chi connectivity index (χ0v) is 18.0. The van der Waals surface area contributed by atoms with Gasteiger partial charge in [-0.3, -0.25) is 18.9 Å². The van der Waals surface area contributed by atoms with Crippen LogP contribution in [0.2, 0.25) is 0 Å². The Kier molecular flexibility index (Phi) is 5.48. The third-order valence-corrected chi connectivity index (χ3v) is 6.13. The van der Waals surface area contributed by atoms with Gasteiger partial charge in [0.25, 0.3) is 5.91 Å². The number of carbonyl (C=O) groups excluding carboxylic acids is 2. The highest BCUT2D eigenvalue weighted by atomic mass is 16.5. The van der Waals surface area contributed by atoms with Crippen molar-refractivity contribution in [3.8, 4) is 5.75 Å². The van der Waals surface area contributed by atoms with E-state index in [4.69, 9.17) is 4.74 Å². The molecule has 32 heavy (non-hydrogen) atoms. The number of carbonyl (C=O) groups is 2. The van der Waals surface area contributed by atoms with Crippen molar-refractivity contribution in [2.45, 2.75) is 25.4 Å². The van der Waals surface area contributed by atoms with E-state index in [0.29, 0.717) is 37.7 Å². The quantitative estimate of drug-likeness (QED) is 0.662. The maximum Gasteiger partial charge on any atom is 0.274 e. The number of hydrogen-bond donors (Lipinski definition) is 1. The van der Waals surface area contributed by atoms with Crippen LogP contribution in [0.5, 0.6) is 5.75 Å². The van der Waals surface area contributed by atoms with Gasteiger partial charge in [-0.05, 0) is 43.1 Å². The molecule has 1 saturated heterocycles. The van der Waals surface area contributed by atoms with Gasteiger partial charge < -0.3 is 15.0 Å². The summed E-state index contributed by atoms with van der Waals surface area (Å²) in [6.45, 7) is 2.69. The van der Waals surface area contributed by atoms with Gasteiger partial charge in [0.2, 0.25) is 11.7 Å². The van der Waals surface area contributed by atoms with Crippen molar-refractivity contribution in [1.29, 1.82) is 0 Å². The fraction of sp³-hybridized carbons (Fsp3) is 0.391. The lowest BCUT2D eigenvalue weighted by atomic mass is 10.0. The number of hydrogen-bond acceptors (Lipinski definition) is 6. The second-order valence-electron chi connectivity index (χ2n) is 8.31. The van der Waals surface area contributed by atoms with Crippen LogP contribution in [0.4, 0.5) is 0 Å². The van der Waals surface area contributed by atoms with E-state index in [0.717, 1.165) is 30.8 Å². The Morgan fingerprint density at radius 3 is 3.06 bits per heavy atom. The van der Waals surface area contributed by atoms with Gasteiger partial charge in [-0.15, -0.1) is 0 Å². The van der Waals surface area contributed by atoms with Crippen molar-refractivity contribution in [2.75, 3.05) is 33.3 Å². The molecular formula is C23H26N6O3. The molecule has 2 aliphatic rings. The maximum absolute atomic E-state index is 13.0. The molecule has 5 rings (SSSR count). The summed E-state index contributed by atoms with van der Waals surface area (Å²) in [5, 5.41) is 3.04. The molecule has 2 aliphatic heterocycles. The van der Waals surface area contributed by atoms with Crippen molar-refractivity contribution in [3.05, 3.63) is 59.7 Å². The van der Waals surface area contributed by atoms with Crippen LogP contribution in [0.3, 0.4) is 0 Å². The number of rotatable bonds is 4. The zero-order valence-electron chi connectivity index (χ0n) is 18.0. The number of ether oxygens (including phenoxy) is 1. The summed E-state index contributed by atoms with van der Waals surface area (Å²) in [7, 11) is 1.91. The molecule has 9 nitrogen and oxygen atoms in total. The molecule has 1 fully saturated rings. The van der Waals surface area contributed by atoms with Gasteiger partial charge >= 0.3 is 0 Å². The third kappa shape index (κ3) is 4.03. The van der Waals surface area contributed by atoms with Gasteiger partial charge in [0.15, 0.2) is 0 Å². The van der Waals surface area contributed by atoms with E-state index in [1.807, 2.05) is 24.1 Å². The van der Waals surface area contributed by atoms with E-state index >= 15 is 0 Å². The average Bonchev–Trinajstić information content (AvgIpc) is 3.26. The van der Waals surface area contributed by atoms with Crippen molar-refractivity contribution < 1.29 is 14.3 Å². The second kappa shape index (κ2) is 8.58. The maximum atomic E-state index is 13.0. The summed E-state index contributed by atoms with van der Waals surface area (Å²) >= 11 is 0. The normalized spacial score (nSPS) is 18.8. The summed E-state index contributed by atoms with van der Waals surface area (Å²) in [4.78, 5) is 38.2. The first-order chi connectivity index (χ1) is 15.6. The molecule has 0 saturated carbocycles. The Balaban J connectivity index is 1.23. The van der Waals surface area contributed by atoms with Gasteiger partial charge in [-0.25, -0.2) is 9.97 Å². The molecule has 0 bridgehead atoms. The molecular weight excluding hydrogens is 408 g/mol. The molecule has 2 aromatic heterocycles. The average molecular weight is 435 g/mol. The Morgan fingerprint density at radius 2 is 2.19 bits per heavy atom. The fourth-order valence-corrected chi connectivity index (χ4v) is 4.27. The first kappa shape index (κ1) is 20.4. The van der Waals surface area contributed by atoms with Crippen molar-refractivity contribution in [1.82, 2.24) is 29.5 Å². The lowest BCUT2D eigenvalue weighted by molar-refractivity contribution is -0.127. The molecule has 0 unspecified atom stereocenters. The summed E-state index contributed by atoms with van der Waals surface area (Å²) in [5.74, 6) is 1.15. The number of fused-ring (bicyclic) bond motifs is 2. The van der Waals surface area contributed by atoms with Gasteiger partial charge in [-0.1, -0.05) is 12.1 Å². The number of piperazine rings is 1. The lowest BCUT2D eigenvalue weighted by Crippen LogP contribution is -2.58. The monoisotopic (exact) mass is 434 g/mol. The van der Waals surface area contributed by atoms with E-state index < -0.39 is 6.04 Å². The van der Waals surface area contributed by atoms with Gasteiger partial charge in [0.1, 0.15) is 17.5 Å². The van der Waals surface area contributed by atoms with E-state index in [9.17, 15) is 9.59 Å². The minimum Gasteiger partial charge on any atom is -0.493 e. The van der Waals surface area contributed by atoms with Crippen molar-refractivity contribution in [3.63, 3.8) is 0 Å². The number of likely N-dealkylation sites (N-methyl/N-ethyl adjacent to an activating group) is 1. The number of benzene rings is 1. The largest absolute Gasteiger partial charge is 0.493 e. The molecule has 2 amide bonds. The summed E-state index contributed by atoms with van der Waals surface area (Å²) in [6, 6.07) is 7.44. The van der Waals surface area contributed by atoms with Crippen LogP contribution < -0.4 is 10.1 Å². The van der Waals surface area contributed by atoms with Crippen LogP contribution in [0.15, 0.2) is 42.9 Å². The molecule has 0 spiro atoms. The van der Waals surface area contributed by atoms with Gasteiger partial charge in [0.05, 0.1) is 6.61 Å². The Labute approximate surface area is 186 Å². The van der Waals surface area contributed by atoms with E-state index in [1.165, 1.54) is 5.56 Å². The standard InChI is InChI=1S/C23H26N6O3/c1-27-9-10-28(22(31)18-14-29-8-3-7-24-23(29)26-18)15-19(27)21(30)25-13-16-5-6-20-17(12-16)4-2-11-32-20/h3,5-8,12,14,19H,2,4,9-11,13,15H2,1H3,(H,25,30)/t19-/m0/s1. The zero-order chi connectivity index (χ0) is 22.1. The predicted molar refractivity (Wildman–Crippen MR) is 117 cm³/mol. The number of nitrogens with zero attached hydrogens (tertiary/aromatic N) is 5. The molecule has 166 valence electrons. The van der Waals surface area contributed by atoms with Crippen LogP contribution in [-0.2, 0) is 17.8 Å². The lowest BCUT2D eigenvalue weighted by Gasteiger charge is -2.38. The number of imidazole rings is 1. The molecule has 1 atom stereocenters. The van der Waals surface area contributed by atoms with E-state index in [-0.39, 0.29) is 11.8 Å². The van der Waals surface area contributed by atoms with Gasteiger partial charge in [-0.2, -0.15) is 0 Å². The molecule has 9 heteroatoms. The number of aryl methyl sites for hydroxylation is 1. The molecule has 4 heterocycles. The topological polar surface area (TPSA) is 92.1 Å². The van der Waals surface area contributed by atoms with E-state index in [1.54, 1.807) is 34.0 Å². The SMILES string of the molecule is CN1CCN(C(=O)c2cn3cccnc3n2)C[C@H]1C(=O)NCc1ccc2c(c1)CCCO2. The number of amides is 2. The van der Waals surface area contributed by atoms with Gasteiger partial charge in [0, 0.05) is 44.8 Å². The van der Waals surface area contributed by atoms with Crippen LogP contribution in [0, 0.1) is 0 Å². The van der Waals surface area contributed by atoms with Crippen LogP contribution >= 0.6 is 0 Å². The number of aromatic nitrogens is 3. The molecule has 3 aromatic rings. The molecule has 1 N–H and O–H groups in total. The number of nitrogens with one attached hydrogen (secondary N) is 1. The Bertz CT molecular complexity index is 1130.